The van der Waals surface area contributed by atoms with Gasteiger partial charge in [-0.1, -0.05) is 42.8 Å². The molecular formula is C38H42N4O7S2. The second-order valence-electron chi connectivity index (χ2n) is 12.6. The maximum absolute atomic E-state index is 14.2. The lowest BCUT2D eigenvalue weighted by atomic mass is 10.1. The number of sulfonamides is 1. The Kier molecular flexibility index (Phi) is 11.5. The highest BCUT2D eigenvalue weighted by molar-refractivity contribution is 7.93. The average molecular weight is 731 g/mol. The van der Waals surface area contributed by atoms with Crippen LogP contribution in [0.2, 0.25) is 0 Å². The molecule has 0 saturated carbocycles. The molecule has 0 spiro atoms. The first kappa shape index (κ1) is 36.2. The van der Waals surface area contributed by atoms with Crippen LogP contribution < -0.4 is 9.62 Å². The van der Waals surface area contributed by atoms with Crippen molar-refractivity contribution in [1.82, 2.24) is 15.1 Å². The highest BCUT2D eigenvalue weighted by Crippen LogP contribution is 2.38. The summed E-state index contributed by atoms with van der Waals surface area (Å²) in [5.74, 6) is -1.06. The van der Waals surface area contributed by atoms with E-state index in [0.717, 1.165) is 40.8 Å². The van der Waals surface area contributed by atoms with Gasteiger partial charge in [0.2, 0.25) is 0 Å². The largest absolute Gasteiger partial charge is 0.465 e. The lowest BCUT2D eigenvalue weighted by molar-refractivity contribution is 0.0303. The Hall–Kier alpha value is -4.56. The van der Waals surface area contributed by atoms with Gasteiger partial charge in [0.15, 0.2) is 0 Å². The number of likely N-dealkylation sites (tertiary alicyclic amines) is 1. The van der Waals surface area contributed by atoms with Crippen LogP contribution in [0.15, 0.2) is 83.8 Å². The van der Waals surface area contributed by atoms with Crippen LogP contribution in [0.25, 0.3) is 10.4 Å². The summed E-state index contributed by atoms with van der Waals surface area (Å²) >= 11 is 1.07. The van der Waals surface area contributed by atoms with Crippen LogP contribution in [0.3, 0.4) is 0 Å². The summed E-state index contributed by atoms with van der Waals surface area (Å²) in [4.78, 5) is 43.3. The normalized spacial score (nSPS) is 15.3. The highest BCUT2D eigenvalue weighted by atomic mass is 32.2. The minimum absolute atomic E-state index is 0.0495. The fourth-order valence-electron chi connectivity index (χ4n) is 6.21. The number of benzene rings is 3. The van der Waals surface area contributed by atoms with E-state index in [1.807, 2.05) is 12.1 Å². The Balaban J connectivity index is 1.24. The van der Waals surface area contributed by atoms with Gasteiger partial charge >= 0.3 is 5.97 Å². The van der Waals surface area contributed by atoms with Gasteiger partial charge in [0, 0.05) is 38.8 Å². The van der Waals surface area contributed by atoms with E-state index >= 15 is 0 Å². The Bertz CT molecular complexity index is 1950. The lowest BCUT2D eigenvalue weighted by Crippen LogP contribution is -2.40. The molecule has 0 bridgehead atoms. The number of morpholine rings is 1. The number of ether oxygens (including phenoxy) is 2. The van der Waals surface area contributed by atoms with Crippen LogP contribution >= 0.6 is 11.3 Å². The summed E-state index contributed by atoms with van der Waals surface area (Å²) in [6.07, 6.45) is 3.76. The minimum Gasteiger partial charge on any atom is -0.465 e. The van der Waals surface area contributed by atoms with Crippen molar-refractivity contribution in [3.63, 3.8) is 0 Å². The van der Waals surface area contributed by atoms with E-state index < -0.39 is 21.9 Å². The predicted molar refractivity (Wildman–Crippen MR) is 197 cm³/mol. The molecule has 11 nitrogen and oxygen atoms in total. The van der Waals surface area contributed by atoms with E-state index in [1.54, 1.807) is 29.2 Å². The molecule has 1 N–H and O–H groups in total. The van der Waals surface area contributed by atoms with Crippen LogP contribution in [0, 0.1) is 0 Å². The molecule has 4 aromatic rings. The molecule has 2 aliphatic heterocycles. The van der Waals surface area contributed by atoms with Gasteiger partial charge in [-0.15, -0.1) is 11.3 Å². The second-order valence-corrected chi connectivity index (χ2v) is 15.6. The Morgan fingerprint density at radius 1 is 0.843 bits per heavy atom. The van der Waals surface area contributed by atoms with Crippen LogP contribution in [0.5, 0.6) is 0 Å². The number of rotatable bonds is 11. The van der Waals surface area contributed by atoms with E-state index in [1.165, 1.54) is 69.3 Å². The number of amides is 2. The van der Waals surface area contributed by atoms with E-state index in [4.69, 9.17) is 9.47 Å². The van der Waals surface area contributed by atoms with Crippen LogP contribution in [0.4, 0.5) is 5.69 Å². The monoisotopic (exact) mass is 730 g/mol. The van der Waals surface area contributed by atoms with E-state index in [9.17, 15) is 22.8 Å². The maximum atomic E-state index is 14.2. The van der Waals surface area contributed by atoms with Crippen molar-refractivity contribution in [3.05, 3.63) is 106 Å². The molecule has 2 fully saturated rings. The predicted octanol–water partition coefficient (Wildman–Crippen LogP) is 5.42. The fourth-order valence-corrected chi connectivity index (χ4v) is 9.02. The van der Waals surface area contributed by atoms with E-state index in [-0.39, 0.29) is 27.8 Å². The number of carbonyl (C=O) groups is 3. The Morgan fingerprint density at radius 3 is 2.12 bits per heavy atom. The first-order valence-electron chi connectivity index (χ1n) is 17.0. The van der Waals surface area contributed by atoms with Crippen molar-refractivity contribution in [2.24, 2.45) is 0 Å². The number of carbonyl (C=O) groups excluding carboxylic acids is 3. The molecule has 0 unspecified atom stereocenters. The van der Waals surface area contributed by atoms with Crippen molar-refractivity contribution in [2.45, 2.75) is 37.2 Å². The van der Waals surface area contributed by atoms with Gasteiger partial charge in [-0.2, -0.15) is 0 Å². The summed E-state index contributed by atoms with van der Waals surface area (Å²) in [5, 5.41) is 2.95. The van der Waals surface area contributed by atoms with Crippen molar-refractivity contribution in [1.29, 1.82) is 0 Å². The zero-order valence-corrected chi connectivity index (χ0v) is 30.4. The molecule has 3 aromatic carbocycles. The number of hydrogen-bond donors (Lipinski definition) is 1. The second kappa shape index (κ2) is 16.2. The molecule has 268 valence electrons. The average Bonchev–Trinajstić information content (AvgIpc) is 3.64. The molecule has 13 heteroatoms. The number of hydrogen-bond acceptors (Lipinski definition) is 9. The number of piperidine rings is 1. The number of nitrogens with one attached hydrogen (secondary N) is 1. The van der Waals surface area contributed by atoms with Crippen LogP contribution in [-0.2, 0) is 32.6 Å². The molecule has 0 aliphatic carbocycles. The molecule has 2 saturated heterocycles. The molecule has 3 heterocycles. The molecule has 0 radical (unpaired) electrons. The number of methoxy groups -OCH3 is 1. The third-order valence-electron chi connectivity index (χ3n) is 9.24. The first-order valence-corrected chi connectivity index (χ1v) is 19.3. The third-order valence-corrected chi connectivity index (χ3v) is 12.4. The van der Waals surface area contributed by atoms with Gasteiger partial charge < -0.3 is 19.7 Å². The third kappa shape index (κ3) is 8.50. The van der Waals surface area contributed by atoms with E-state index in [0.29, 0.717) is 48.0 Å². The summed E-state index contributed by atoms with van der Waals surface area (Å²) in [7, 11) is -1.50. The fraction of sp³-hybridized carbons (Fsp3) is 0.342. The lowest BCUT2D eigenvalue weighted by Gasteiger charge is -2.26. The number of anilines is 1. The van der Waals surface area contributed by atoms with Gasteiger partial charge in [0.1, 0.15) is 4.90 Å². The number of nitrogens with zero attached hydrogens (tertiary/aromatic N) is 3. The van der Waals surface area contributed by atoms with Gasteiger partial charge in [-0.25, -0.2) is 13.2 Å². The van der Waals surface area contributed by atoms with Crippen LogP contribution in [-0.4, -0.2) is 89.6 Å². The molecule has 2 amide bonds. The molecule has 2 aliphatic rings. The smallest absolute Gasteiger partial charge is 0.337 e. The van der Waals surface area contributed by atoms with Gasteiger partial charge in [-0.05, 0) is 85.1 Å². The summed E-state index contributed by atoms with van der Waals surface area (Å²) in [5.41, 5.74) is 3.79. The van der Waals surface area contributed by atoms with Gasteiger partial charge in [-0.3, -0.25) is 18.8 Å². The molecular weight excluding hydrogens is 689 g/mol. The highest BCUT2D eigenvalue weighted by Gasteiger charge is 2.30. The van der Waals surface area contributed by atoms with Crippen LogP contribution in [0.1, 0.15) is 60.8 Å². The topological polar surface area (TPSA) is 126 Å². The molecule has 1 aromatic heterocycles. The van der Waals surface area contributed by atoms with Crippen molar-refractivity contribution < 1.29 is 32.3 Å². The van der Waals surface area contributed by atoms with Crippen molar-refractivity contribution in [3.8, 4) is 10.4 Å². The summed E-state index contributed by atoms with van der Waals surface area (Å²) in [6, 6.07) is 22.4. The maximum Gasteiger partial charge on any atom is 0.337 e. The molecule has 0 atom stereocenters. The van der Waals surface area contributed by atoms with Gasteiger partial charge in [0.25, 0.3) is 21.8 Å². The number of esters is 1. The first-order chi connectivity index (χ1) is 24.6. The Labute approximate surface area is 302 Å². The summed E-state index contributed by atoms with van der Waals surface area (Å²) in [6.45, 7) is 5.39. The molecule has 51 heavy (non-hydrogen) atoms. The zero-order valence-electron chi connectivity index (χ0n) is 28.8. The Morgan fingerprint density at radius 2 is 1.47 bits per heavy atom. The quantitative estimate of drug-likeness (QED) is 0.203. The number of thiophene rings is 1. The van der Waals surface area contributed by atoms with Crippen molar-refractivity contribution in [2.75, 3.05) is 57.9 Å². The van der Waals surface area contributed by atoms with E-state index in [2.05, 4.69) is 22.3 Å². The van der Waals surface area contributed by atoms with Crippen molar-refractivity contribution >= 4 is 44.8 Å². The SMILES string of the molecule is COC(=O)c1ccc(N(C)S(=O)(=O)c2cc(C(=O)NCc3ccc(CN4CCCCC4)cc3)sc2-c2ccc(C(=O)N3CCOCC3)cc2)cc1. The summed E-state index contributed by atoms with van der Waals surface area (Å²) < 4.78 is 39.7. The zero-order chi connectivity index (χ0) is 36.0. The minimum atomic E-state index is -4.20. The molecule has 6 rings (SSSR count). The standard InChI is InChI=1S/C38H42N4O7S2/c1-40(32-16-14-31(15-17-32)38(45)48-2)51(46,47)34-24-33(36(43)39-25-27-6-8-28(9-7-27)26-41-18-4-3-5-19-41)50-35(34)29-10-12-30(13-11-29)37(44)42-20-22-49-23-21-42/h6-17,24H,3-5,18-23,25-26H2,1-2H3,(H,39,43). The van der Waals surface area contributed by atoms with Gasteiger partial charge in [0.05, 0.1) is 41.3 Å².